The van der Waals surface area contributed by atoms with Gasteiger partial charge in [-0.1, -0.05) is 29.8 Å². The summed E-state index contributed by atoms with van der Waals surface area (Å²) in [6, 6.07) is 14.1. The molecule has 2 N–H and O–H groups in total. The fourth-order valence-electron chi connectivity index (χ4n) is 3.98. The second kappa shape index (κ2) is 7.67. The highest BCUT2D eigenvalue weighted by Crippen LogP contribution is 2.37. The lowest BCUT2D eigenvalue weighted by Crippen LogP contribution is -2.22. The molecule has 7 heteroatoms. The van der Waals surface area contributed by atoms with Gasteiger partial charge < -0.3 is 5.32 Å². The first-order valence-corrected chi connectivity index (χ1v) is 10.1. The van der Waals surface area contributed by atoms with Crippen molar-refractivity contribution in [2.75, 3.05) is 5.32 Å². The third-order valence-corrected chi connectivity index (χ3v) is 5.31. The molecule has 0 saturated heterocycles. The molecule has 0 saturated carbocycles. The van der Waals surface area contributed by atoms with Crippen LogP contribution in [0, 0.1) is 6.92 Å². The monoisotopic (exact) mass is 403 g/mol. The predicted octanol–water partition coefficient (Wildman–Crippen LogP) is 4.17. The highest BCUT2D eigenvalue weighted by Gasteiger charge is 2.20. The van der Waals surface area contributed by atoms with Crippen LogP contribution in [0.25, 0.3) is 33.4 Å². The number of carbonyl (C=O) groups excluding carboxylic acids is 1. The highest BCUT2D eigenvalue weighted by atomic mass is 16.2. The van der Waals surface area contributed by atoms with E-state index < -0.39 is 0 Å². The molecule has 0 unspecified atom stereocenters. The molecule has 0 spiro atoms. The minimum Gasteiger partial charge on any atom is -0.309 e. The lowest BCUT2D eigenvalue weighted by Gasteiger charge is -2.09. The van der Waals surface area contributed by atoms with E-state index in [0.29, 0.717) is 18.9 Å². The fraction of sp³-hybridized carbons (Fsp3) is 0.261. The first kappa shape index (κ1) is 19.7. The van der Waals surface area contributed by atoms with Crippen LogP contribution < -0.4 is 11.0 Å². The zero-order chi connectivity index (χ0) is 21.4. The highest BCUT2D eigenvalue weighted by molar-refractivity contribution is 5.98. The molecule has 0 radical (unpaired) electrons. The Balaban J connectivity index is 1.99. The molecule has 0 bridgehead atoms. The van der Waals surface area contributed by atoms with Gasteiger partial charge >= 0.3 is 5.69 Å². The van der Waals surface area contributed by atoms with Gasteiger partial charge in [0.1, 0.15) is 0 Å². The third-order valence-electron chi connectivity index (χ3n) is 5.31. The number of aryl methyl sites for hydroxylation is 3. The summed E-state index contributed by atoms with van der Waals surface area (Å²) in [5.74, 6) is 0.279. The molecule has 4 rings (SSSR count). The van der Waals surface area contributed by atoms with E-state index in [1.54, 1.807) is 9.13 Å². The Hall–Kier alpha value is -3.61. The van der Waals surface area contributed by atoms with Gasteiger partial charge in [-0.3, -0.25) is 19.0 Å². The van der Waals surface area contributed by atoms with E-state index in [4.69, 9.17) is 0 Å². The molecule has 2 heterocycles. The maximum absolute atomic E-state index is 12.7. The first-order chi connectivity index (χ1) is 14.4. The molecule has 154 valence electrons. The Bertz CT molecular complexity index is 1310. The number of benzene rings is 2. The predicted molar refractivity (Wildman–Crippen MR) is 120 cm³/mol. The van der Waals surface area contributed by atoms with Gasteiger partial charge in [0.15, 0.2) is 5.82 Å². The number of nitrogens with one attached hydrogen (secondary N) is 2. The molecule has 7 nitrogen and oxygen atoms in total. The number of aromatic amines is 1. The number of hydrogen-bond donors (Lipinski definition) is 2. The van der Waals surface area contributed by atoms with Gasteiger partial charge in [-0.15, -0.1) is 0 Å². The average molecular weight is 403 g/mol. The lowest BCUT2D eigenvalue weighted by molar-refractivity contribution is -0.114. The van der Waals surface area contributed by atoms with Crippen LogP contribution in [-0.2, 0) is 17.9 Å². The smallest absolute Gasteiger partial charge is 0.309 e. The molecule has 2 aromatic carbocycles. The van der Waals surface area contributed by atoms with Crippen molar-refractivity contribution in [1.29, 1.82) is 0 Å². The van der Waals surface area contributed by atoms with Crippen LogP contribution in [0.3, 0.4) is 0 Å². The Kier molecular flexibility index (Phi) is 5.03. The van der Waals surface area contributed by atoms with Crippen molar-refractivity contribution < 1.29 is 4.79 Å². The van der Waals surface area contributed by atoms with Crippen molar-refractivity contribution in [3.05, 3.63) is 58.5 Å². The van der Waals surface area contributed by atoms with E-state index in [2.05, 4.69) is 21.6 Å². The number of carbonyl (C=O) groups is 1. The molecule has 0 fully saturated rings. The summed E-state index contributed by atoms with van der Waals surface area (Å²) in [7, 11) is 0. The SMILES string of the molecule is CCn1c(=O)n(CC)c2cc(-c3c(NC(C)=O)n[nH]c3-c3cccc(C)c3)ccc21. The Labute approximate surface area is 174 Å². The molecular formula is C23H25N5O2. The van der Waals surface area contributed by atoms with Gasteiger partial charge in [-0.05, 0) is 44.5 Å². The molecule has 4 aromatic rings. The van der Waals surface area contributed by atoms with Crippen LogP contribution in [0.4, 0.5) is 5.82 Å². The molecule has 0 atom stereocenters. The first-order valence-electron chi connectivity index (χ1n) is 10.1. The fourth-order valence-corrected chi connectivity index (χ4v) is 3.98. The summed E-state index contributed by atoms with van der Waals surface area (Å²) in [5.41, 5.74) is 6.37. The molecule has 0 aliphatic carbocycles. The number of aromatic nitrogens is 4. The maximum atomic E-state index is 12.7. The number of H-pyrrole nitrogens is 1. The van der Waals surface area contributed by atoms with E-state index >= 15 is 0 Å². The lowest BCUT2D eigenvalue weighted by atomic mass is 9.99. The molecule has 1 amide bonds. The van der Waals surface area contributed by atoms with Crippen molar-refractivity contribution >= 4 is 22.8 Å². The average Bonchev–Trinajstić information content (AvgIpc) is 3.24. The summed E-state index contributed by atoms with van der Waals surface area (Å²) in [5, 5.41) is 10.3. The van der Waals surface area contributed by atoms with E-state index in [1.165, 1.54) is 6.92 Å². The van der Waals surface area contributed by atoms with Crippen molar-refractivity contribution in [3.63, 3.8) is 0 Å². The minimum atomic E-state index is -0.192. The summed E-state index contributed by atoms with van der Waals surface area (Å²) in [6.07, 6.45) is 0. The summed E-state index contributed by atoms with van der Waals surface area (Å²) in [4.78, 5) is 24.5. The molecule has 2 aromatic heterocycles. The van der Waals surface area contributed by atoms with Gasteiger partial charge in [-0.2, -0.15) is 5.10 Å². The Morgan fingerprint density at radius 2 is 1.77 bits per heavy atom. The summed E-state index contributed by atoms with van der Waals surface area (Å²) >= 11 is 0. The Morgan fingerprint density at radius 1 is 1.03 bits per heavy atom. The number of nitrogens with zero attached hydrogens (tertiary/aromatic N) is 3. The molecular weight excluding hydrogens is 378 g/mol. The van der Waals surface area contributed by atoms with Crippen molar-refractivity contribution in [1.82, 2.24) is 19.3 Å². The van der Waals surface area contributed by atoms with Gasteiger partial charge in [0.2, 0.25) is 5.91 Å². The van der Waals surface area contributed by atoms with Crippen molar-refractivity contribution in [2.24, 2.45) is 0 Å². The summed E-state index contributed by atoms with van der Waals surface area (Å²) in [6.45, 7) is 8.62. The van der Waals surface area contributed by atoms with E-state index in [-0.39, 0.29) is 11.6 Å². The maximum Gasteiger partial charge on any atom is 0.329 e. The number of imidazole rings is 1. The zero-order valence-electron chi connectivity index (χ0n) is 17.6. The van der Waals surface area contributed by atoms with Gasteiger partial charge in [0.05, 0.1) is 22.3 Å². The van der Waals surface area contributed by atoms with Crippen LogP contribution in [0.5, 0.6) is 0 Å². The number of hydrogen-bond acceptors (Lipinski definition) is 3. The standard InChI is InChI=1S/C23H25N5O2/c1-5-27-18-11-10-16(13-19(18)28(6-2)23(27)30)20-21(17-9-7-8-14(3)12-17)25-26-22(20)24-15(4)29/h7-13H,5-6H2,1-4H3,(H2,24,25,26,29). The largest absolute Gasteiger partial charge is 0.329 e. The van der Waals surface area contributed by atoms with Crippen LogP contribution >= 0.6 is 0 Å². The number of rotatable bonds is 5. The quantitative estimate of drug-likeness (QED) is 0.525. The van der Waals surface area contributed by atoms with E-state index in [0.717, 1.165) is 39.0 Å². The summed E-state index contributed by atoms with van der Waals surface area (Å²) < 4.78 is 3.54. The van der Waals surface area contributed by atoms with Crippen LogP contribution in [0.1, 0.15) is 26.3 Å². The van der Waals surface area contributed by atoms with E-state index in [9.17, 15) is 9.59 Å². The van der Waals surface area contributed by atoms with Crippen LogP contribution in [0.15, 0.2) is 47.3 Å². The molecule has 0 aliphatic rings. The Morgan fingerprint density at radius 3 is 2.43 bits per heavy atom. The van der Waals surface area contributed by atoms with Crippen LogP contribution in [-0.4, -0.2) is 25.2 Å². The topological polar surface area (TPSA) is 84.7 Å². The van der Waals surface area contributed by atoms with Gasteiger partial charge in [-0.25, -0.2) is 4.79 Å². The third kappa shape index (κ3) is 3.22. The number of amides is 1. The number of anilines is 1. The second-order valence-corrected chi connectivity index (χ2v) is 7.35. The second-order valence-electron chi connectivity index (χ2n) is 7.35. The van der Waals surface area contributed by atoms with E-state index in [1.807, 2.05) is 57.2 Å². The number of fused-ring (bicyclic) bond motifs is 1. The van der Waals surface area contributed by atoms with Gasteiger partial charge in [0.25, 0.3) is 0 Å². The van der Waals surface area contributed by atoms with Gasteiger partial charge in [0, 0.05) is 25.6 Å². The zero-order valence-corrected chi connectivity index (χ0v) is 17.6. The van der Waals surface area contributed by atoms with Crippen molar-refractivity contribution in [2.45, 2.75) is 40.8 Å². The van der Waals surface area contributed by atoms with Crippen LogP contribution in [0.2, 0.25) is 0 Å². The normalized spacial score (nSPS) is 11.2. The molecule has 0 aliphatic heterocycles. The van der Waals surface area contributed by atoms with Crippen molar-refractivity contribution in [3.8, 4) is 22.4 Å². The minimum absolute atomic E-state index is 0.0136. The molecule has 30 heavy (non-hydrogen) atoms.